The Kier molecular flexibility index (Phi) is 6.06. The van der Waals surface area contributed by atoms with Gasteiger partial charge < -0.3 is 15.0 Å². The molecule has 0 saturated carbocycles. The molecule has 2 aromatic rings. The molecule has 6 heteroatoms. The molecule has 142 valence electrons. The molecule has 1 N–H and O–H groups in total. The van der Waals surface area contributed by atoms with E-state index in [1.54, 1.807) is 30.0 Å². The standard InChI is InChI=1S/C21H23FN2O3/c1-15(25)24-12-10-16-14-17(4-9-20(16)24)21(26)23-11-2-3-13-27-19-7-5-18(22)6-8-19/h4-9,14H,2-3,10-13H2,1H3,(H,23,26). The zero-order valence-corrected chi connectivity index (χ0v) is 15.3. The number of anilines is 1. The first-order chi connectivity index (χ1) is 13.0. The lowest BCUT2D eigenvalue weighted by Crippen LogP contribution is -2.26. The van der Waals surface area contributed by atoms with Crippen LogP contribution in [0, 0.1) is 5.82 Å². The minimum Gasteiger partial charge on any atom is -0.494 e. The summed E-state index contributed by atoms with van der Waals surface area (Å²) in [5.74, 6) is 0.260. The average molecular weight is 370 g/mol. The molecular weight excluding hydrogens is 347 g/mol. The molecule has 0 atom stereocenters. The van der Waals surface area contributed by atoms with Crippen LogP contribution < -0.4 is 15.0 Å². The van der Waals surface area contributed by atoms with Crippen molar-refractivity contribution in [2.24, 2.45) is 0 Å². The summed E-state index contributed by atoms with van der Waals surface area (Å²) in [5.41, 5.74) is 2.55. The van der Waals surface area contributed by atoms with Crippen LogP contribution >= 0.6 is 0 Å². The van der Waals surface area contributed by atoms with Crippen LogP contribution in [0.4, 0.5) is 10.1 Å². The SMILES string of the molecule is CC(=O)N1CCc2cc(C(=O)NCCCCOc3ccc(F)cc3)ccc21. The molecule has 2 amide bonds. The minimum absolute atomic E-state index is 0.0220. The fourth-order valence-electron chi connectivity index (χ4n) is 3.12. The minimum atomic E-state index is -0.286. The van der Waals surface area contributed by atoms with Gasteiger partial charge in [-0.3, -0.25) is 9.59 Å². The van der Waals surface area contributed by atoms with Crippen LogP contribution in [0.5, 0.6) is 5.75 Å². The second-order valence-electron chi connectivity index (χ2n) is 6.53. The normalized spacial score (nSPS) is 12.6. The van der Waals surface area contributed by atoms with E-state index >= 15 is 0 Å². The van der Waals surface area contributed by atoms with E-state index in [4.69, 9.17) is 4.74 Å². The van der Waals surface area contributed by atoms with Gasteiger partial charge in [-0.05, 0) is 67.3 Å². The van der Waals surface area contributed by atoms with Gasteiger partial charge in [0.2, 0.25) is 5.91 Å². The Morgan fingerprint density at radius 1 is 1.15 bits per heavy atom. The summed E-state index contributed by atoms with van der Waals surface area (Å²) >= 11 is 0. The van der Waals surface area contributed by atoms with Crippen molar-refractivity contribution in [1.29, 1.82) is 0 Å². The van der Waals surface area contributed by atoms with Crippen LogP contribution in [0.3, 0.4) is 0 Å². The van der Waals surface area contributed by atoms with Crippen LogP contribution in [0.2, 0.25) is 0 Å². The first kappa shape index (κ1) is 18.9. The molecule has 27 heavy (non-hydrogen) atoms. The molecule has 3 rings (SSSR count). The largest absolute Gasteiger partial charge is 0.494 e. The van der Waals surface area contributed by atoms with Crippen molar-refractivity contribution in [2.45, 2.75) is 26.2 Å². The van der Waals surface area contributed by atoms with E-state index in [2.05, 4.69) is 5.32 Å². The van der Waals surface area contributed by atoms with Crippen molar-refractivity contribution in [2.75, 3.05) is 24.6 Å². The van der Waals surface area contributed by atoms with Gasteiger partial charge in [-0.1, -0.05) is 0 Å². The van der Waals surface area contributed by atoms with Crippen LogP contribution in [0.25, 0.3) is 0 Å². The van der Waals surface area contributed by atoms with E-state index in [0.717, 1.165) is 30.5 Å². The number of hydrogen-bond donors (Lipinski definition) is 1. The molecule has 0 bridgehead atoms. The van der Waals surface area contributed by atoms with E-state index in [1.807, 2.05) is 12.1 Å². The highest BCUT2D eigenvalue weighted by molar-refractivity contribution is 5.97. The molecule has 0 saturated heterocycles. The van der Waals surface area contributed by atoms with Crippen LogP contribution in [-0.4, -0.2) is 31.5 Å². The van der Waals surface area contributed by atoms with Crippen molar-refractivity contribution in [1.82, 2.24) is 5.32 Å². The number of fused-ring (bicyclic) bond motifs is 1. The molecule has 0 fully saturated rings. The summed E-state index contributed by atoms with van der Waals surface area (Å²) in [7, 11) is 0. The van der Waals surface area contributed by atoms with E-state index in [-0.39, 0.29) is 17.6 Å². The number of nitrogens with one attached hydrogen (secondary N) is 1. The number of nitrogens with zero attached hydrogens (tertiary/aromatic N) is 1. The van der Waals surface area contributed by atoms with Gasteiger partial charge in [0.05, 0.1) is 6.61 Å². The second-order valence-corrected chi connectivity index (χ2v) is 6.53. The number of carbonyl (C=O) groups is 2. The van der Waals surface area contributed by atoms with Gasteiger partial charge in [0.1, 0.15) is 11.6 Å². The van der Waals surface area contributed by atoms with E-state index < -0.39 is 0 Å². The Balaban J connectivity index is 1.40. The maximum Gasteiger partial charge on any atom is 0.251 e. The van der Waals surface area contributed by atoms with Crippen molar-refractivity contribution in [3.8, 4) is 5.75 Å². The summed E-state index contributed by atoms with van der Waals surface area (Å²) in [6.07, 6.45) is 2.35. The van der Waals surface area contributed by atoms with Crippen molar-refractivity contribution >= 4 is 17.5 Å². The summed E-state index contributed by atoms with van der Waals surface area (Å²) in [6, 6.07) is 11.4. The number of amides is 2. The van der Waals surface area contributed by atoms with Gasteiger partial charge in [-0.2, -0.15) is 0 Å². The fraction of sp³-hybridized carbons (Fsp3) is 0.333. The molecule has 0 radical (unpaired) electrons. The predicted octanol–water partition coefficient (Wildman–Crippen LogP) is 3.32. The maximum atomic E-state index is 12.8. The van der Waals surface area contributed by atoms with Crippen molar-refractivity contribution < 1.29 is 18.7 Å². The predicted molar refractivity (Wildman–Crippen MR) is 102 cm³/mol. The summed E-state index contributed by atoms with van der Waals surface area (Å²) < 4.78 is 18.3. The molecule has 5 nitrogen and oxygen atoms in total. The summed E-state index contributed by atoms with van der Waals surface area (Å²) in [4.78, 5) is 25.6. The highest BCUT2D eigenvalue weighted by atomic mass is 19.1. The van der Waals surface area contributed by atoms with Gasteiger partial charge in [0.15, 0.2) is 0 Å². The summed E-state index contributed by atoms with van der Waals surface area (Å²) in [5, 5.41) is 2.91. The lowest BCUT2D eigenvalue weighted by atomic mass is 10.1. The van der Waals surface area contributed by atoms with Crippen LogP contribution in [0.15, 0.2) is 42.5 Å². The number of rotatable bonds is 7. The highest BCUT2D eigenvalue weighted by Gasteiger charge is 2.22. The third-order valence-electron chi connectivity index (χ3n) is 4.56. The Bertz CT molecular complexity index is 821. The molecular formula is C21H23FN2O3. The van der Waals surface area contributed by atoms with Crippen LogP contribution in [0.1, 0.15) is 35.7 Å². The van der Waals surface area contributed by atoms with E-state index in [9.17, 15) is 14.0 Å². The maximum absolute atomic E-state index is 12.8. The van der Waals surface area contributed by atoms with Gasteiger partial charge in [-0.25, -0.2) is 4.39 Å². The Labute approximate surface area is 158 Å². The van der Waals surface area contributed by atoms with Gasteiger partial charge in [-0.15, -0.1) is 0 Å². The zero-order chi connectivity index (χ0) is 19.2. The Morgan fingerprint density at radius 2 is 1.93 bits per heavy atom. The third kappa shape index (κ3) is 4.84. The quantitative estimate of drug-likeness (QED) is 0.761. The third-order valence-corrected chi connectivity index (χ3v) is 4.56. The molecule has 1 heterocycles. The second kappa shape index (κ2) is 8.66. The molecule has 2 aromatic carbocycles. The lowest BCUT2D eigenvalue weighted by molar-refractivity contribution is -0.116. The van der Waals surface area contributed by atoms with Crippen molar-refractivity contribution in [3.63, 3.8) is 0 Å². The van der Waals surface area contributed by atoms with E-state index in [0.29, 0.717) is 31.0 Å². The number of hydrogen-bond acceptors (Lipinski definition) is 3. The topological polar surface area (TPSA) is 58.6 Å². The molecule has 1 aliphatic heterocycles. The summed E-state index contributed by atoms with van der Waals surface area (Å²) in [6.45, 7) is 3.29. The number of carbonyl (C=O) groups excluding carboxylic acids is 2. The van der Waals surface area contributed by atoms with Gasteiger partial charge in [0.25, 0.3) is 5.91 Å². The first-order valence-corrected chi connectivity index (χ1v) is 9.12. The Hall–Kier alpha value is -2.89. The molecule has 0 aromatic heterocycles. The Morgan fingerprint density at radius 3 is 2.67 bits per heavy atom. The number of benzene rings is 2. The molecule has 0 unspecified atom stereocenters. The van der Waals surface area contributed by atoms with Gasteiger partial charge >= 0.3 is 0 Å². The lowest BCUT2D eigenvalue weighted by Gasteiger charge is -2.14. The van der Waals surface area contributed by atoms with E-state index in [1.165, 1.54) is 12.1 Å². The zero-order valence-electron chi connectivity index (χ0n) is 15.3. The highest BCUT2D eigenvalue weighted by Crippen LogP contribution is 2.28. The molecule has 0 spiro atoms. The molecule has 1 aliphatic rings. The molecule has 0 aliphatic carbocycles. The number of unbranched alkanes of at least 4 members (excludes halogenated alkanes) is 1. The average Bonchev–Trinajstić information content (AvgIpc) is 3.09. The van der Waals surface area contributed by atoms with Gasteiger partial charge in [0, 0.05) is 31.3 Å². The van der Waals surface area contributed by atoms with Crippen LogP contribution in [-0.2, 0) is 11.2 Å². The van der Waals surface area contributed by atoms with Crippen molar-refractivity contribution in [3.05, 3.63) is 59.4 Å². The number of ether oxygens (including phenoxy) is 1. The smallest absolute Gasteiger partial charge is 0.251 e. The monoisotopic (exact) mass is 370 g/mol. The fourth-order valence-corrected chi connectivity index (χ4v) is 3.12. The first-order valence-electron chi connectivity index (χ1n) is 9.12. The number of halogens is 1.